The Bertz CT molecular complexity index is 1210. The number of likely N-dealkylation sites (N-methyl/N-ethyl adjacent to an activating group) is 1. The van der Waals surface area contributed by atoms with Gasteiger partial charge in [0, 0.05) is 6.42 Å². The van der Waals surface area contributed by atoms with Gasteiger partial charge in [0.15, 0.2) is 0 Å². The van der Waals surface area contributed by atoms with Crippen molar-refractivity contribution in [1.82, 2.24) is 5.32 Å². The predicted octanol–water partition coefficient (Wildman–Crippen LogP) is 18.5. The average molecular weight is 1020 g/mol. The SMILES string of the molecule is CCCCCCC/C=C\C/C=C\CCCCCCCCCCCCCCCCCCCCCCCCCCCCCC(=O)NC(COP(=O)([O-])OCC[N+](C)(C)C)C(O)CCCCCCCCCCCC. The number of carbonyl (C=O) groups excluding carboxylic acids is 1. The Balaban J connectivity index is 3.77. The van der Waals surface area contributed by atoms with Gasteiger partial charge in [-0.3, -0.25) is 9.36 Å². The molecule has 3 unspecified atom stereocenters. The fourth-order valence-electron chi connectivity index (χ4n) is 9.54. The van der Waals surface area contributed by atoms with E-state index in [-0.39, 0.29) is 19.1 Å². The first kappa shape index (κ1) is 70.0. The summed E-state index contributed by atoms with van der Waals surface area (Å²) in [5.41, 5.74) is 0. The van der Waals surface area contributed by atoms with Gasteiger partial charge in [0.05, 0.1) is 39.9 Å². The Kier molecular flexibility index (Phi) is 53.0. The van der Waals surface area contributed by atoms with Crippen molar-refractivity contribution in [3.05, 3.63) is 24.3 Å². The molecule has 0 spiro atoms. The zero-order chi connectivity index (χ0) is 52.0. The van der Waals surface area contributed by atoms with Gasteiger partial charge >= 0.3 is 0 Å². The van der Waals surface area contributed by atoms with Crippen LogP contribution >= 0.6 is 7.82 Å². The van der Waals surface area contributed by atoms with Crippen LogP contribution in [-0.2, 0) is 18.4 Å². The topological polar surface area (TPSA) is 108 Å². The third-order valence-electron chi connectivity index (χ3n) is 14.4. The van der Waals surface area contributed by atoms with Crippen LogP contribution in [0.3, 0.4) is 0 Å². The van der Waals surface area contributed by atoms with E-state index < -0.39 is 20.0 Å². The second-order valence-corrected chi connectivity index (χ2v) is 24.2. The van der Waals surface area contributed by atoms with E-state index in [2.05, 4.69) is 43.5 Å². The molecule has 0 rings (SSSR count). The molecule has 3 atom stereocenters. The van der Waals surface area contributed by atoms with Crippen molar-refractivity contribution in [3.8, 4) is 0 Å². The zero-order valence-corrected chi connectivity index (χ0v) is 49.1. The first-order chi connectivity index (χ1) is 34.5. The molecule has 0 aromatic heterocycles. The van der Waals surface area contributed by atoms with Crippen LogP contribution in [-0.4, -0.2) is 68.5 Å². The van der Waals surface area contributed by atoms with Crippen LogP contribution in [0.25, 0.3) is 0 Å². The molecular formula is C62H123N2O6P. The van der Waals surface area contributed by atoms with Gasteiger partial charge in [0.2, 0.25) is 5.91 Å². The van der Waals surface area contributed by atoms with Crippen LogP contribution in [0.4, 0.5) is 0 Å². The summed E-state index contributed by atoms with van der Waals surface area (Å²) >= 11 is 0. The number of nitrogens with one attached hydrogen (secondary N) is 1. The molecule has 0 fully saturated rings. The summed E-state index contributed by atoms with van der Waals surface area (Å²) in [5, 5.41) is 13.9. The number of unbranched alkanes of at least 4 members (excludes halogenated alkanes) is 41. The summed E-state index contributed by atoms with van der Waals surface area (Å²) < 4.78 is 23.3. The Morgan fingerprint density at radius 1 is 0.493 bits per heavy atom. The predicted molar refractivity (Wildman–Crippen MR) is 307 cm³/mol. The fraction of sp³-hybridized carbons (Fsp3) is 0.919. The standard InChI is InChI=1S/C62H123N2O6P/c1-6-8-10-12-14-16-18-19-20-21-22-23-24-25-26-27-28-29-30-31-32-33-34-35-36-37-38-39-40-41-42-43-44-45-46-48-50-52-54-56-62(66)63-60(59-70-71(67,68)69-58-57-64(3,4)5)61(65)55-53-51-49-47-17-15-13-11-9-7-2/h18-19,21-22,60-61,65H,6-17,20,23-59H2,1-5H3,(H-,63,66,67,68)/b19-18-,22-21-. The lowest BCUT2D eigenvalue weighted by molar-refractivity contribution is -0.870. The number of nitrogens with zero attached hydrogens (tertiary/aromatic N) is 1. The molecule has 0 aromatic carbocycles. The summed E-state index contributed by atoms with van der Waals surface area (Å²) in [6.07, 6.45) is 68.4. The average Bonchev–Trinajstić information content (AvgIpc) is 3.33. The third kappa shape index (κ3) is 56.5. The molecule has 0 radical (unpaired) electrons. The van der Waals surface area contributed by atoms with Crippen molar-refractivity contribution in [3.63, 3.8) is 0 Å². The maximum absolute atomic E-state index is 12.9. The molecule has 0 heterocycles. The molecule has 1 amide bonds. The monoisotopic (exact) mass is 1020 g/mol. The molecule has 71 heavy (non-hydrogen) atoms. The summed E-state index contributed by atoms with van der Waals surface area (Å²) in [7, 11) is 1.32. The summed E-state index contributed by atoms with van der Waals surface area (Å²) in [6, 6.07) is -0.795. The highest BCUT2D eigenvalue weighted by Gasteiger charge is 2.24. The van der Waals surface area contributed by atoms with E-state index in [1.54, 1.807) is 0 Å². The Morgan fingerprint density at radius 2 is 0.817 bits per heavy atom. The Labute approximate surface area is 443 Å². The second kappa shape index (κ2) is 53.8. The summed E-state index contributed by atoms with van der Waals surface area (Å²) in [5.74, 6) is -0.160. The Hall–Kier alpha value is -1.02. The van der Waals surface area contributed by atoms with Gasteiger partial charge in [-0.15, -0.1) is 0 Å². The molecule has 422 valence electrons. The number of carbonyl (C=O) groups is 1. The smallest absolute Gasteiger partial charge is 0.268 e. The van der Waals surface area contributed by atoms with Crippen molar-refractivity contribution in [2.75, 3.05) is 40.9 Å². The molecule has 8 nitrogen and oxygen atoms in total. The number of quaternary nitrogens is 1. The lowest BCUT2D eigenvalue weighted by Gasteiger charge is -2.30. The van der Waals surface area contributed by atoms with E-state index in [0.29, 0.717) is 23.9 Å². The zero-order valence-electron chi connectivity index (χ0n) is 48.2. The molecular weight excluding hydrogens is 900 g/mol. The number of allylic oxidation sites excluding steroid dienone is 4. The molecule has 0 aliphatic rings. The van der Waals surface area contributed by atoms with Crippen molar-refractivity contribution >= 4 is 13.7 Å². The first-order valence-corrected chi connectivity index (χ1v) is 32.6. The lowest BCUT2D eigenvalue weighted by Crippen LogP contribution is -2.46. The van der Waals surface area contributed by atoms with E-state index in [0.717, 1.165) is 44.9 Å². The fourth-order valence-corrected chi connectivity index (χ4v) is 10.3. The van der Waals surface area contributed by atoms with E-state index in [9.17, 15) is 19.4 Å². The third-order valence-corrected chi connectivity index (χ3v) is 15.4. The first-order valence-electron chi connectivity index (χ1n) is 31.2. The molecule has 0 bridgehead atoms. The molecule has 9 heteroatoms. The molecule has 0 saturated heterocycles. The maximum Gasteiger partial charge on any atom is 0.268 e. The van der Waals surface area contributed by atoms with Crippen molar-refractivity contribution in [2.45, 2.75) is 328 Å². The summed E-state index contributed by atoms with van der Waals surface area (Å²) in [4.78, 5) is 25.4. The molecule has 0 aromatic rings. The van der Waals surface area contributed by atoms with E-state index >= 15 is 0 Å². The normalized spacial score (nSPS) is 14.0. The van der Waals surface area contributed by atoms with Gasteiger partial charge in [0.25, 0.3) is 7.82 Å². The molecule has 0 saturated carbocycles. The summed E-state index contributed by atoms with van der Waals surface area (Å²) in [6.45, 7) is 4.72. The number of hydrogen-bond donors (Lipinski definition) is 2. The minimum absolute atomic E-state index is 0.0149. The van der Waals surface area contributed by atoms with Crippen molar-refractivity contribution in [1.29, 1.82) is 0 Å². The van der Waals surface area contributed by atoms with Crippen LogP contribution in [0, 0.1) is 0 Å². The highest BCUT2D eigenvalue weighted by Crippen LogP contribution is 2.38. The molecule has 0 aliphatic carbocycles. The van der Waals surface area contributed by atoms with Crippen LogP contribution in [0.15, 0.2) is 24.3 Å². The number of phosphoric acid groups is 1. The number of hydrogen-bond acceptors (Lipinski definition) is 6. The van der Waals surface area contributed by atoms with E-state index in [4.69, 9.17) is 9.05 Å². The van der Waals surface area contributed by atoms with Gasteiger partial charge in [-0.25, -0.2) is 0 Å². The van der Waals surface area contributed by atoms with Crippen LogP contribution in [0.1, 0.15) is 316 Å². The Morgan fingerprint density at radius 3 is 1.17 bits per heavy atom. The highest BCUT2D eigenvalue weighted by molar-refractivity contribution is 7.45. The number of rotatable bonds is 58. The van der Waals surface area contributed by atoms with Crippen molar-refractivity contribution in [2.24, 2.45) is 0 Å². The van der Waals surface area contributed by atoms with Gasteiger partial charge in [0.1, 0.15) is 13.2 Å². The lowest BCUT2D eigenvalue weighted by atomic mass is 10.0. The van der Waals surface area contributed by atoms with Gasteiger partial charge < -0.3 is 28.8 Å². The molecule has 2 N–H and O–H groups in total. The number of aliphatic hydroxyl groups excluding tert-OH is 1. The number of phosphoric ester groups is 1. The van der Waals surface area contributed by atoms with E-state index in [1.165, 1.54) is 244 Å². The van der Waals surface area contributed by atoms with E-state index in [1.807, 2.05) is 21.1 Å². The minimum Gasteiger partial charge on any atom is -0.756 e. The van der Waals surface area contributed by atoms with Crippen molar-refractivity contribution < 1.29 is 32.9 Å². The van der Waals surface area contributed by atoms with Gasteiger partial charge in [-0.05, 0) is 44.9 Å². The number of aliphatic hydroxyl groups is 1. The second-order valence-electron chi connectivity index (χ2n) is 22.8. The number of amides is 1. The largest absolute Gasteiger partial charge is 0.756 e. The van der Waals surface area contributed by atoms with Crippen LogP contribution < -0.4 is 10.2 Å². The highest BCUT2D eigenvalue weighted by atomic mass is 31.2. The van der Waals surface area contributed by atoms with Gasteiger partial charge in [-0.2, -0.15) is 0 Å². The van der Waals surface area contributed by atoms with Crippen LogP contribution in [0.2, 0.25) is 0 Å². The van der Waals surface area contributed by atoms with Gasteiger partial charge in [-0.1, -0.05) is 289 Å². The quantitative estimate of drug-likeness (QED) is 0.0272. The molecule has 0 aliphatic heterocycles. The maximum atomic E-state index is 12.9. The minimum atomic E-state index is -4.56. The van der Waals surface area contributed by atoms with Crippen LogP contribution in [0.5, 0.6) is 0 Å².